The van der Waals surface area contributed by atoms with Crippen molar-refractivity contribution in [3.05, 3.63) is 47.7 Å². The molecule has 6 nitrogen and oxygen atoms in total. The van der Waals surface area contributed by atoms with Crippen molar-refractivity contribution < 1.29 is 14.3 Å². The number of carbonyl (C=O) groups is 1. The van der Waals surface area contributed by atoms with Gasteiger partial charge in [-0.25, -0.2) is 9.78 Å². The number of ether oxygens (including phenoxy) is 2. The smallest absolute Gasteiger partial charge is 0.337 e. The molecule has 0 bridgehead atoms. The van der Waals surface area contributed by atoms with Gasteiger partial charge < -0.3 is 20.1 Å². The summed E-state index contributed by atoms with van der Waals surface area (Å²) in [4.78, 5) is 15.9. The maximum Gasteiger partial charge on any atom is 0.337 e. The van der Waals surface area contributed by atoms with E-state index in [9.17, 15) is 4.79 Å². The molecule has 120 valence electrons. The van der Waals surface area contributed by atoms with Gasteiger partial charge in [0, 0.05) is 18.8 Å². The second-order valence-electron chi connectivity index (χ2n) is 5.29. The fraction of sp³-hybridized carbons (Fsp3) is 0.294. The van der Waals surface area contributed by atoms with E-state index in [2.05, 4.69) is 15.6 Å². The highest BCUT2D eigenvalue weighted by atomic mass is 16.5. The molecule has 0 saturated heterocycles. The molecule has 1 aromatic heterocycles. The van der Waals surface area contributed by atoms with Crippen LogP contribution in [0.15, 0.2) is 36.5 Å². The Bertz CT molecular complexity index is 701. The van der Waals surface area contributed by atoms with Crippen LogP contribution < -0.4 is 15.4 Å². The van der Waals surface area contributed by atoms with Crippen LogP contribution in [-0.4, -0.2) is 31.2 Å². The average Bonchev–Trinajstić information content (AvgIpc) is 2.61. The van der Waals surface area contributed by atoms with E-state index in [1.165, 1.54) is 7.11 Å². The molecule has 2 N–H and O–H groups in total. The third-order valence-corrected chi connectivity index (χ3v) is 3.76. The minimum absolute atomic E-state index is 0.0319. The van der Waals surface area contributed by atoms with Crippen LogP contribution in [0.5, 0.6) is 5.75 Å². The van der Waals surface area contributed by atoms with Crippen molar-refractivity contribution in [3.63, 3.8) is 0 Å². The number of nitrogens with zero attached hydrogens (tertiary/aromatic N) is 1. The van der Waals surface area contributed by atoms with Gasteiger partial charge in [0.15, 0.2) is 5.82 Å². The molecule has 0 radical (unpaired) electrons. The molecular weight excluding hydrogens is 294 g/mol. The van der Waals surface area contributed by atoms with Crippen molar-refractivity contribution in [1.29, 1.82) is 0 Å². The van der Waals surface area contributed by atoms with Crippen LogP contribution in [0.2, 0.25) is 0 Å². The number of rotatable bonds is 4. The fourth-order valence-corrected chi connectivity index (χ4v) is 2.50. The number of anilines is 2. The first-order valence-corrected chi connectivity index (χ1v) is 7.49. The van der Waals surface area contributed by atoms with Crippen LogP contribution in [0, 0.1) is 0 Å². The second-order valence-corrected chi connectivity index (χ2v) is 5.29. The molecule has 0 amide bonds. The summed E-state index contributed by atoms with van der Waals surface area (Å²) < 4.78 is 10.3. The van der Waals surface area contributed by atoms with Crippen molar-refractivity contribution in [2.24, 2.45) is 0 Å². The number of hydrogen-bond donors (Lipinski definition) is 2. The fourth-order valence-electron chi connectivity index (χ4n) is 2.50. The van der Waals surface area contributed by atoms with E-state index < -0.39 is 0 Å². The summed E-state index contributed by atoms with van der Waals surface area (Å²) in [5.74, 6) is 1.23. The molecule has 23 heavy (non-hydrogen) atoms. The Labute approximate surface area is 134 Å². The van der Waals surface area contributed by atoms with Gasteiger partial charge in [0.05, 0.1) is 18.7 Å². The van der Waals surface area contributed by atoms with Crippen LogP contribution in [-0.2, 0) is 4.74 Å². The Hall–Kier alpha value is -2.76. The van der Waals surface area contributed by atoms with Crippen molar-refractivity contribution in [2.45, 2.75) is 13.0 Å². The minimum Gasteiger partial charge on any atom is -0.489 e. The maximum atomic E-state index is 11.5. The van der Waals surface area contributed by atoms with E-state index in [4.69, 9.17) is 9.47 Å². The van der Waals surface area contributed by atoms with Gasteiger partial charge in [-0.15, -0.1) is 0 Å². The lowest BCUT2D eigenvalue weighted by molar-refractivity contribution is 0.0600. The summed E-state index contributed by atoms with van der Waals surface area (Å²) in [5.41, 5.74) is 2.47. The summed E-state index contributed by atoms with van der Waals surface area (Å²) in [7, 11) is 1.37. The van der Waals surface area contributed by atoms with Crippen molar-refractivity contribution >= 4 is 17.5 Å². The zero-order chi connectivity index (χ0) is 16.2. The summed E-state index contributed by atoms with van der Waals surface area (Å²) in [6.45, 7) is 3.45. The van der Waals surface area contributed by atoms with Gasteiger partial charge >= 0.3 is 5.97 Å². The van der Waals surface area contributed by atoms with Gasteiger partial charge in [-0.3, -0.25) is 0 Å². The zero-order valence-electron chi connectivity index (χ0n) is 13.1. The Morgan fingerprint density at radius 3 is 2.87 bits per heavy atom. The highest BCUT2D eigenvalue weighted by Crippen LogP contribution is 2.34. The predicted octanol–water partition coefficient (Wildman–Crippen LogP) is 2.85. The molecule has 1 unspecified atom stereocenters. The first-order chi connectivity index (χ1) is 11.2. The number of benzene rings is 1. The van der Waals surface area contributed by atoms with E-state index in [1.54, 1.807) is 18.3 Å². The monoisotopic (exact) mass is 313 g/mol. The molecule has 6 heteroatoms. The SMILES string of the molecule is COC(=O)c1ccc(C(C)Nc2nccc3c2NCCO3)cc1. The lowest BCUT2D eigenvalue weighted by atomic mass is 10.1. The molecule has 3 rings (SSSR count). The first kappa shape index (κ1) is 15.1. The van der Waals surface area contributed by atoms with Crippen molar-refractivity contribution in [2.75, 3.05) is 30.9 Å². The molecule has 2 aromatic rings. The summed E-state index contributed by atoms with van der Waals surface area (Å²) in [6, 6.07) is 9.21. The molecule has 0 fully saturated rings. The average molecular weight is 313 g/mol. The number of carbonyl (C=O) groups excluding carboxylic acids is 1. The summed E-state index contributed by atoms with van der Waals surface area (Å²) in [5, 5.41) is 6.69. The standard InChI is InChI=1S/C17H19N3O3/c1-11(12-3-5-13(6-4-12)17(21)22-2)20-16-15-14(7-8-19-16)23-10-9-18-15/h3-8,11,18H,9-10H2,1-2H3,(H,19,20). The lowest BCUT2D eigenvalue weighted by Gasteiger charge is -2.23. The topological polar surface area (TPSA) is 72.5 Å². The molecule has 0 saturated carbocycles. The van der Waals surface area contributed by atoms with Gasteiger partial charge in [-0.2, -0.15) is 0 Å². The van der Waals surface area contributed by atoms with E-state index in [0.29, 0.717) is 12.2 Å². The van der Waals surface area contributed by atoms with Gasteiger partial charge in [0.25, 0.3) is 0 Å². The number of pyridine rings is 1. The quantitative estimate of drug-likeness (QED) is 0.846. The Morgan fingerprint density at radius 2 is 2.13 bits per heavy atom. The Balaban J connectivity index is 1.77. The largest absolute Gasteiger partial charge is 0.489 e. The molecule has 1 aromatic carbocycles. The molecule has 0 spiro atoms. The van der Waals surface area contributed by atoms with E-state index in [1.807, 2.05) is 25.1 Å². The summed E-state index contributed by atoms with van der Waals surface area (Å²) >= 11 is 0. The molecule has 2 heterocycles. The first-order valence-electron chi connectivity index (χ1n) is 7.49. The molecule has 0 aliphatic carbocycles. The van der Waals surface area contributed by atoms with Crippen LogP contribution >= 0.6 is 0 Å². The predicted molar refractivity (Wildman–Crippen MR) is 88.0 cm³/mol. The lowest BCUT2D eigenvalue weighted by Crippen LogP contribution is -2.20. The normalized spacial score (nSPS) is 14.0. The summed E-state index contributed by atoms with van der Waals surface area (Å²) in [6.07, 6.45) is 1.72. The zero-order valence-corrected chi connectivity index (χ0v) is 13.1. The van der Waals surface area contributed by atoms with Crippen LogP contribution in [0.4, 0.5) is 11.5 Å². The second kappa shape index (κ2) is 6.56. The number of nitrogens with one attached hydrogen (secondary N) is 2. The highest BCUT2D eigenvalue weighted by Gasteiger charge is 2.17. The van der Waals surface area contributed by atoms with Gasteiger partial charge in [-0.1, -0.05) is 12.1 Å². The van der Waals surface area contributed by atoms with Gasteiger partial charge in [0.2, 0.25) is 0 Å². The number of methoxy groups -OCH3 is 1. The van der Waals surface area contributed by atoms with E-state index in [0.717, 1.165) is 29.4 Å². The number of esters is 1. The molecule has 1 aliphatic heterocycles. The molecular formula is C17H19N3O3. The van der Waals surface area contributed by atoms with Crippen LogP contribution in [0.1, 0.15) is 28.9 Å². The Kier molecular flexibility index (Phi) is 4.32. The molecule has 1 atom stereocenters. The number of fused-ring (bicyclic) bond motifs is 1. The number of hydrogen-bond acceptors (Lipinski definition) is 6. The highest BCUT2D eigenvalue weighted by molar-refractivity contribution is 5.89. The van der Waals surface area contributed by atoms with Gasteiger partial charge in [-0.05, 0) is 24.6 Å². The van der Waals surface area contributed by atoms with Crippen LogP contribution in [0.3, 0.4) is 0 Å². The van der Waals surface area contributed by atoms with E-state index in [-0.39, 0.29) is 12.0 Å². The van der Waals surface area contributed by atoms with Gasteiger partial charge in [0.1, 0.15) is 18.0 Å². The third-order valence-electron chi connectivity index (χ3n) is 3.76. The van der Waals surface area contributed by atoms with Crippen LogP contribution in [0.25, 0.3) is 0 Å². The van der Waals surface area contributed by atoms with Crippen molar-refractivity contribution in [1.82, 2.24) is 4.98 Å². The number of aromatic nitrogens is 1. The third kappa shape index (κ3) is 3.21. The maximum absolute atomic E-state index is 11.5. The Morgan fingerprint density at radius 1 is 1.35 bits per heavy atom. The van der Waals surface area contributed by atoms with Crippen molar-refractivity contribution in [3.8, 4) is 5.75 Å². The van der Waals surface area contributed by atoms with E-state index >= 15 is 0 Å². The molecule has 1 aliphatic rings. The minimum atomic E-state index is -0.336.